The molecule has 0 radical (unpaired) electrons. The Bertz CT molecular complexity index is 622. The van der Waals surface area contributed by atoms with Gasteiger partial charge in [0.05, 0.1) is 18.8 Å². The molecule has 0 amide bonds. The van der Waals surface area contributed by atoms with Crippen molar-refractivity contribution in [3.63, 3.8) is 0 Å². The number of aromatic nitrogens is 2. The average molecular weight is 298 g/mol. The lowest BCUT2D eigenvalue weighted by atomic mass is 10.2. The van der Waals surface area contributed by atoms with E-state index in [1.807, 2.05) is 0 Å². The number of halogens is 2. The summed E-state index contributed by atoms with van der Waals surface area (Å²) >= 11 is 5.93. The Morgan fingerprint density at radius 3 is 2.95 bits per heavy atom. The molecule has 2 aromatic rings. The lowest BCUT2D eigenvalue weighted by Gasteiger charge is -2.05. The molecule has 0 bridgehead atoms. The van der Waals surface area contributed by atoms with Crippen molar-refractivity contribution in [1.29, 1.82) is 0 Å². The molecule has 5 nitrogen and oxygen atoms in total. The van der Waals surface area contributed by atoms with Gasteiger partial charge in [-0.2, -0.15) is 5.10 Å². The molecule has 0 saturated carbocycles. The zero-order valence-corrected chi connectivity index (χ0v) is 11.5. The van der Waals surface area contributed by atoms with Gasteiger partial charge in [0.15, 0.2) is 5.69 Å². The second-order valence-corrected chi connectivity index (χ2v) is 4.46. The van der Waals surface area contributed by atoms with Crippen molar-refractivity contribution in [1.82, 2.24) is 9.78 Å². The van der Waals surface area contributed by atoms with E-state index < -0.39 is 11.8 Å². The van der Waals surface area contributed by atoms with Crippen molar-refractivity contribution >= 4 is 23.3 Å². The molecule has 7 heteroatoms. The van der Waals surface area contributed by atoms with Crippen LogP contribution in [0.4, 0.5) is 10.1 Å². The van der Waals surface area contributed by atoms with E-state index in [2.05, 4.69) is 5.10 Å². The predicted octanol–water partition coefficient (Wildman–Crippen LogP) is 2.48. The number of ether oxygens (including phenoxy) is 1. The first-order chi connectivity index (χ1) is 9.52. The molecular formula is C13H13ClFN3O2. The van der Waals surface area contributed by atoms with Crippen molar-refractivity contribution in [2.24, 2.45) is 0 Å². The van der Waals surface area contributed by atoms with Crippen LogP contribution in [0.3, 0.4) is 0 Å². The fourth-order valence-electron chi connectivity index (χ4n) is 1.72. The highest BCUT2D eigenvalue weighted by Crippen LogP contribution is 2.21. The number of carbonyl (C=O) groups excluding carboxylic acids is 1. The number of rotatable bonds is 4. The number of nitrogens with zero attached hydrogens (tertiary/aromatic N) is 2. The quantitative estimate of drug-likeness (QED) is 0.880. The Hall–Kier alpha value is -2.08. The number of carbonyl (C=O) groups is 1. The van der Waals surface area contributed by atoms with Gasteiger partial charge in [-0.1, -0.05) is 17.7 Å². The van der Waals surface area contributed by atoms with E-state index in [4.69, 9.17) is 22.1 Å². The van der Waals surface area contributed by atoms with Crippen LogP contribution in [0.2, 0.25) is 5.02 Å². The molecule has 0 atom stereocenters. The third-order valence-electron chi connectivity index (χ3n) is 2.64. The maximum absolute atomic E-state index is 13.7. The molecule has 0 unspecified atom stereocenters. The van der Waals surface area contributed by atoms with Crippen molar-refractivity contribution in [3.8, 4) is 0 Å². The minimum Gasteiger partial charge on any atom is -0.461 e. The first kappa shape index (κ1) is 14.3. The van der Waals surface area contributed by atoms with E-state index in [-0.39, 0.29) is 35.1 Å². The van der Waals surface area contributed by atoms with Crippen LogP contribution < -0.4 is 5.73 Å². The fourth-order valence-corrected chi connectivity index (χ4v) is 1.94. The molecule has 1 heterocycles. The normalized spacial score (nSPS) is 10.6. The van der Waals surface area contributed by atoms with Gasteiger partial charge in [0.2, 0.25) is 0 Å². The van der Waals surface area contributed by atoms with Gasteiger partial charge in [-0.25, -0.2) is 9.18 Å². The number of hydrogen-bond acceptors (Lipinski definition) is 4. The Labute approximate surface area is 120 Å². The number of benzene rings is 1. The third-order valence-corrected chi connectivity index (χ3v) is 2.99. The summed E-state index contributed by atoms with van der Waals surface area (Å²) in [4.78, 5) is 11.6. The van der Waals surface area contributed by atoms with Gasteiger partial charge in [-0.15, -0.1) is 0 Å². The van der Waals surface area contributed by atoms with E-state index in [1.165, 1.54) is 23.0 Å². The molecule has 0 aliphatic carbocycles. The molecule has 0 fully saturated rings. The van der Waals surface area contributed by atoms with Crippen LogP contribution in [0.1, 0.15) is 23.0 Å². The Kier molecular flexibility index (Phi) is 4.24. The lowest BCUT2D eigenvalue weighted by Crippen LogP contribution is -2.09. The van der Waals surface area contributed by atoms with Gasteiger partial charge >= 0.3 is 5.97 Å². The summed E-state index contributed by atoms with van der Waals surface area (Å²) < 4.78 is 19.9. The van der Waals surface area contributed by atoms with Crippen molar-refractivity contribution in [2.45, 2.75) is 13.5 Å². The molecular weight excluding hydrogens is 285 g/mol. The molecule has 0 saturated heterocycles. The highest BCUT2D eigenvalue weighted by Gasteiger charge is 2.17. The number of nitrogen functional groups attached to an aromatic ring is 1. The zero-order chi connectivity index (χ0) is 14.7. The van der Waals surface area contributed by atoms with Gasteiger partial charge in [0, 0.05) is 16.8 Å². The van der Waals surface area contributed by atoms with Gasteiger partial charge in [-0.05, 0) is 19.1 Å². The van der Waals surface area contributed by atoms with Crippen molar-refractivity contribution in [2.75, 3.05) is 12.3 Å². The number of anilines is 1. The Morgan fingerprint density at radius 1 is 1.55 bits per heavy atom. The maximum Gasteiger partial charge on any atom is 0.361 e. The molecule has 0 aliphatic heterocycles. The van der Waals surface area contributed by atoms with E-state index in [0.29, 0.717) is 0 Å². The summed E-state index contributed by atoms with van der Waals surface area (Å²) in [5, 5.41) is 4.29. The third kappa shape index (κ3) is 2.91. The Balaban J connectivity index is 2.27. The topological polar surface area (TPSA) is 70.1 Å². The van der Waals surface area contributed by atoms with E-state index >= 15 is 0 Å². The fraction of sp³-hybridized carbons (Fsp3) is 0.231. The predicted molar refractivity (Wildman–Crippen MR) is 73.1 cm³/mol. The molecule has 0 aliphatic rings. The van der Waals surface area contributed by atoms with Crippen molar-refractivity contribution < 1.29 is 13.9 Å². The summed E-state index contributed by atoms with van der Waals surface area (Å²) in [7, 11) is 0. The Morgan fingerprint density at radius 2 is 2.30 bits per heavy atom. The van der Waals surface area contributed by atoms with Gasteiger partial charge < -0.3 is 10.5 Å². The summed E-state index contributed by atoms with van der Waals surface area (Å²) in [6, 6.07) is 4.40. The average Bonchev–Trinajstić information content (AvgIpc) is 2.75. The molecule has 1 aromatic carbocycles. The molecule has 20 heavy (non-hydrogen) atoms. The minimum absolute atomic E-state index is 0.0133. The van der Waals surface area contributed by atoms with Crippen LogP contribution in [0.25, 0.3) is 0 Å². The smallest absolute Gasteiger partial charge is 0.361 e. The lowest BCUT2D eigenvalue weighted by molar-refractivity contribution is 0.0519. The van der Waals surface area contributed by atoms with Gasteiger partial charge in [-0.3, -0.25) is 4.68 Å². The molecule has 2 rings (SSSR count). The van der Waals surface area contributed by atoms with E-state index in [9.17, 15) is 9.18 Å². The van der Waals surface area contributed by atoms with Crippen LogP contribution in [-0.4, -0.2) is 22.4 Å². The van der Waals surface area contributed by atoms with Crippen LogP contribution >= 0.6 is 11.6 Å². The maximum atomic E-state index is 13.7. The molecule has 1 aromatic heterocycles. The second-order valence-electron chi connectivity index (χ2n) is 4.05. The first-order valence-corrected chi connectivity index (χ1v) is 6.33. The largest absolute Gasteiger partial charge is 0.461 e. The van der Waals surface area contributed by atoms with Gasteiger partial charge in [0.1, 0.15) is 5.82 Å². The molecule has 106 valence electrons. The highest BCUT2D eigenvalue weighted by molar-refractivity contribution is 6.31. The zero-order valence-electron chi connectivity index (χ0n) is 10.8. The van der Waals surface area contributed by atoms with Crippen LogP contribution in [0.15, 0.2) is 24.4 Å². The first-order valence-electron chi connectivity index (χ1n) is 5.95. The summed E-state index contributed by atoms with van der Waals surface area (Å²) in [5.74, 6) is -1.05. The summed E-state index contributed by atoms with van der Waals surface area (Å²) in [6.07, 6.45) is 1.44. The van der Waals surface area contributed by atoms with Gasteiger partial charge in [0.25, 0.3) is 0 Å². The second kappa shape index (κ2) is 5.92. The van der Waals surface area contributed by atoms with Crippen molar-refractivity contribution in [3.05, 3.63) is 46.5 Å². The van der Waals surface area contributed by atoms with E-state index in [1.54, 1.807) is 13.0 Å². The number of esters is 1. The number of nitrogens with two attached hydrogens (primary N) is 1. The van der Waals surface area contributed by atoms with Crippen LogP contribution in [0, 0.1) is 5.82 Å². The SMILES string of the molecule is CCOC(=O)c1nn(Cc2c(F)cccc2Cl)cc1N. The number of hydrogen-bond donors (Lipinski definition) is 1. The standard InChI is InChI=1S/C13H13ClFN3O2/c1-2-20-13(19)12-11(16)7-18(17-12)6-8-9(14)4-3-5-10(8)15/h3-5,7H,2,6,16H2,1H3. The molecule has 0 spiro atoms. The van der Waals surface area contributed by atoms with E-state index in [0.717, 1.165) is 0 Å². The summed E-state index contributed by atoms with van der Waals surface area (Å²) in [5.41, 5.74) is 6.17. The van der Waals surface area contributed by atoms with Crippen LogP contribution in [-0.2, 0) is 11.3 Å². The molecule has 2 N–H and O–H groups in total. The highest BCUT2D eigenvalue weighted by atomic mass is 35.5. The summed E-state index contributed by atoms with van der Waals surface area (Å²) in [6.45, 7) is 1.99. The minimum atomic E-state index is -0.608. The van der Waals surface area contributed by atoms with Crippen LogP contribution in [0.5, 0.6) is 0 Å². The monoisotopic (exact) mass is 297 g/mol.